The Bertz CT molecular complexity index is 1680. The first-order valence-electron chi connectivity index (χ1n) is 25.0. The predicted octanol–water partition coefficient (Wildman–Crippen LogP) is 5.74. The Morgan fingerprint density at radius 3 is 2.18 bits per heavy atom. The molecule has 18 heteroatoms. The number of esters is 2. The maximum absolute atomic E-state index is 13.9. The molecular weight excluding hydrogens is 897 g/mol. The van der Waals surface area contributed by atoms with Gasteiger partial charge in [-0.05, 0) is 105 Å². The highest BCUT2D eigenvalue weighted by Gasteiger charge is 2.55. The molecule has 0 aliphatic carbocycles. The molecule has 0 aromatic rings. The van der Waals surface area contributed by atoms with Crippen LogP contribution in [0, 0.1) is 11.8 Å². The summed E-state index contributed by atoms with van der Waals surface area (Å²) in [6.07, 6.45) is -0.0838. The Kier molecular flexibility index (Phi) is 20.3. The summed E-state index contributed by atoms with van der Waals surface area (Å²) >= 11 is 0. The third-order valence-electron chi connectivity index (χ3n) is 15.0. The zero-order chi connectivity index (χ0) is 50.5. The van der Waals surface area contributed by atoms with Crippen molar-refractivity contribution in [3.8, 4) is 0 Å². The molecule has 5 rings (SSSR count). The first-order valence-corrected chi connectivity index (χ1v) is 27.9. The minimum atomic E-state index is -2.49. The van der Waals surface area contributed by atoms with E-state index in [0.717, 1.165) is 12.8 Å². The van der Waals surface area contributed by atoms with Crippen LogP contribution in [0.15, 0.2) is 24.3 Å². The van der Waals surface area contributed by atoms with Crippen molar-refractivity contribution in [2.24, 2.45) is 11.8 Å². The van der Waals surface area contributed by atoms with Gasteiger partial charge in [-0.3, -0.25) is 9.59 Å². The molecule has 4 fully saturated rings. The van der Waals surface area contributed by atoms with Crippen molar-refractivity contribution in [3.05, 3.63) is 24.3 Å². The van der Waals surface area contributed by atoms with Crippen LogP contribution in [0.3, 0.4) is 0 Å². The number of rotatable bonds is 12. The Hall–Kier alpha value is -1.88. The van der Waals surface area contributed by atoms with Crippen molar-refractivity contribution in [2.75, 3.05) is 28.3 Å². The number of nitrogens with zero attached hydrogens (tertiary/aromatic N) is 1. The molecule has 2 bridgehead atoms. The van der Waals surface area contributed by atoms with Gasteiger partial charge in [-0.25, -0.2) is 0 Å². The molecule has 5 heterocycles. The molecule has 0 spiro atoms. The van der Waals surface area contributed by atoms with Crippen molar-refractivity contribution >= 4 is 20.3 Å². The number of methoxy groups -OCH3 is 1. The summed E-state index contributed by atoms with van der Waals surface area (Å²) < 4.78 is 72.8. The third-order valence-corrected chi connectivity index (χ3v) is 19.5. The molecule has 0 aromatic heterocycles. The van der Waals surface area contributed by atoms with E-state index >= 15 is 0 Å². The van der Waals surface area contributed by atoms with Crippen LogP contribution in [0.5, 0.6) is 0 Å². The van der Waals surface area contributed by atoms with Crippen LogP contribution in [0.2, 0.25) is 18.1 Å². The number of hydrogen-bond donors (Lipinski definition) is 3. The van der Waals surface area contributed by atoms with Crippen LogP contribution >= 0.6 is 0 Å². The summed E-state index contributed by atoms with van der Waals surface area (Å²) in [5, 5.41) is 25.0. The van der Waals surface area contributed by atoms with Crippen LogP contribution in [0.4, 0.5) is 0 Å². The van der Waals surface area contributed by atoms with Gasteiger partial charge in [-0.1, -0.05) is 52.0 Å². The highest BCUT2D eigenvalue weighted by atomic mass is 28.4. The van der Waals surface area contributed by atoms with E-state index in [2.05, 4.69) is 59.1 Å². The summed E-state index contributed by atoms with van der Waals surface area (Å²) in [5.74, 6) is -1.49. The lowest BCUT2D eigenvalue weighted by atomic mass is 9.82. The molecule has 17 nitrogen and oxygen atoms in total. The molecule has 0 radical (unpaired) electrons. The summed E-state index contributed by atoms with van der Waals surface area (Å²) in [6.45, 7) is 23.4. The minimum absolute atomic E-state index is 0.00322. The van der Waals surface area contributed by atoms with Crippen molar-refractivity contribution in [1.82, 2.24) is 10.2 Å². The number of fused-ring (bicyclic) bond motifs is 3. The number of hydrogen-bond acceptors (Lipinski definition) is 17. The van der Waals surface area contributed by atoms with E-state index < -0.39 is 112 Å². The van der Waals surface area contributed by atoms with Gasteiger partial charge < -0.3 is 72.2 Å². The number of carbonyl (C=O) groups is 2. The SMILES string of the molecule is CN[C@H]1CC[C@H](O[C@H]2/C=C/C=C/C[C@@H](C)OC(=O)C[C@H]3OC(O[Si](C)(C)C(C)(C)C)C[C@@H](C[C@H]2C)[C@H](O[C@@H]2O[C@H](C)[C@@H](O[C@H]4C[C@@](C)(O)[C@@H](O)[C@H](C)O4)[C@H](N(C)C)[C@H]2OC(C)=O)[C@H]3OC)O[C@@H]1C. The van der Waals surface area contributed by atoms with Gasteiger partial charge in [0.1, 0.15) is 30.7 Å². The number of ether oxygens (including phenoxy) is 10. The Morgan fingerprint density at radius 2 is 1.57 bits per heavy atom. The first kappa shape index (κ1) is 57.0. The van der Waals surface area contributed by atoms with Crippen molar-refractivity contribution in [3.63, 3.8) is 0 Å². The number of nitrogens with one attached hydrogen (secondary N) is 1. The molecular formula is C50H88N2O15Si. The van der Waals surface area contributed by atoms with Gasteiger partial charge >= 0.3 is 11.9 Å². The lowest BCUT2D eigenvalue weighted by molar-refractivity contribution is -0.344. The average molecular weight is 985 g/mol. The topological polar surface area (TPSA) is 191 Å². The molecule has 5 aliphatic heterocycles. The highest BCUT2D eigenvalue weighted by molar-refractivity contribution is 6.74. The van der Waals surface area contributed by atoms with E-state index in [9.17, 15) is 19.8 Å². The third kappa shape index (κ3) is 14.6. The van der Waals surface area contributed by atoms with Gasteiger partial charge in [-0.15, -0.1) is 0 Å². The average Bonchev–Trinajstić information content (AvgIpc) is 3.34. The molecule has 20 atom stereocenters. The van der Waals surface area contributed by atoms with Gasteiger partial charge in [0, 0.05) is 39.3 Å². The van der Waals surface area contributed by atoms with Gasteiger partial charge in [0.05, 0.1) is 54.7 Å². The number of aliphatic hydroxyl groups excluding tert-OH is 1. The van der Waals surface area contributed by atoms with E-state index in [1.807, 2.05) is 58.1 Å². The number of carbonyl (C=O) groups excluding carboxylic acids is 2. The summed E-state index contributed by atoms with van der Waals surface area (Å²) in [7, 11) is 4.76. The second-order valence-electron chi connectivity index (χ2n) is 22.0. The molecule has 0 saturated carbocycles. The normalized spacial score (nSPS) is 43.6. The van der Waals surface area contributed by atoms with Gasteiger partial charge in [0.25, 0.3) is 0 Å². The summed E-state index contributed by atoms with van der Waals surface area (Å²) in [5.41, 5.74) is -1.48. The van der Waals surface area contributed by atoms with Crippen LogP contribution in [-0.2, 0) is 61.4 Å². The first-order chi connectivity index (χ1) is 31.7. The van der Waals surface area contributed by atoms with Gasteiger partial charge in [-0.2, -0.15) is 0 Å². The molecule has 0 amide bonds. The van der Waals surface area contributed by atoms with Crippen LogP contribution in [0.1, 0.15) is 114 Å². The number of allylic oxidation sites excluding steroid dienone is 2. The fourth-order valence-electron chi connectivity index (χ4n) is 10.2. The highest BCUT2D eigenvalue weighted by Crippen LogP contribution is 2.43. The molecule has 68 heavy (non-hydrogen) atoms. The molecule has 5 aliphatic rings. The second kappa shape index (κ2) is 24.2. The summed E-state index contributed by atoms with van der Waals surface area (Å²) in [6, 6.07) is -0.420. The number of aliphatic hydroxyl groups is 2. The lowest BCUT2D eigenvalue weighted by Crippen LogP contribution is -2.66. The van der Waals surface area contributed by atoms with E-state index in [4.69, 9.17) is 51.8 Å². The quantitative estimate of drug-likeness (QED) is 0.158. The fraction of sp³-hybridized carbons (Fsp3) is 0.880. The van der Waals surface area contributed by atoms with Crippen LogP contribution < -0.4 is 5.32 Å². The second-order valence-corrected chi connectivity index (χ2v) is 26.8. The molecule has 4 saturated heterocycles. The zero-order valence-corrected chi connectivity index (χ0v) is 44.9. The molecule has 392 valence electrons. The van der Waals surface area contributed by atoms with Crippen molar-refractivity contribution in [1.29, 1.82) is 0 Å². The minimum Gasteiger partial charge on any atom is -0.462 e. The van der Waals surface area contributed by atoms with Gasteiger partial charge in [0.15, 0.2) is 33.3 Å². The Balaban J connectivity index is 1.59. The summed E-state index contributed by atoms with van der Waals surface area (Å²) in [4.78, 5) is 28.9. The lowest BCUT2D eigenvalue weighted by Gasteiger charge is -2.50. The van der Waals surface area contributed by atoms with Crippen LogP contribution in [0.25, 0.3) is 0 Å². The number of cyclic esters (lactones) is 1. The van der Waals surface area contributed by atoms with Crippen LogP contribution in [-0.4, -0.2) is 174 Å². The van der Waals surface area contributed by atoms with Crippen molar-refractivity contribution < 1.29 is 71.6 Å². The Morgan fingerprint density at radius 1 is 0.882 bits per heavy atom. The van der Waals surface area contributed by atoms with E-state index in [-0.39, 0.29) is 48.0 Å². The zero-order valence-electron chi connectivity index (χ0n) is 43.9. The predicted molar refractivity (Wildman–Crippen MR) is 257 cm³/mol. The maximum atomic E-state index is 13.9. The van der Waals surface area contributed by atoms with E-state index in [0.29, 0.717) is 19.3 Å². The number of likely N-dealkylation sites (N-methyl/N-ethyl adjacent to an activating group) is 2. The van der Waals surface area contributed by atoms with Gasteiger partial charge in [0.2, 0.25) is 0 Å². The van der Waals surface area contributed by atoms with E-state index in [1.54, 1.807) is 21.0 Å². The van der Waals surface area contributed by atoms with E-state index in [1.165, 1.54) is 6.92 Å². The fourth-order valence-corrected chi connectivity index (χ4v) is 11.3. The largest absolute Gasteiger partial charge is 0.462 e. The standard InChI is InChI=1S/C50H88N2O15Si/c1-28-24-34-25-40(67-68(15,16)49(7,8)9)64-37(26-38(54)58-29(2)20-18-17-19-21-36(28)63-39-23-22-35(51-11)30(3)59-39)45(57-14)44(34)66-48-46(62-33(6)53)42(52(12)13)43(31(4)61-48)65-41-27-50(10,56)47(55)32(5)60-41/h17-19,21,28-32,34-37,39-48,51,55-56H,20,22-27H2,1-16H3/b18-17+,21-19+/t28-,29-,30-,31-,32+,34-,35+,36+,37-,39+,40?,41+,42+,43-,44+,45+,46-,47+,48+,50-/m1/s1. The molecule has 0 aromatic carbocycles. The maximum Gasteiger partial charge on any atom is 0.308 e. The van der Waals surface area contributed by atoms with Crippen molar-refractivity contribution in [2.45, 2.75) is 242 Å². The Labute approximate surface area is 407 Å². The monoisotopic (exact) mass is 985 g/mol. The molecule has 1 unspecified atom stereocenters. The smallest absolute Gasteiger partial charge is 0.308 e. The molecule has 3 N–H and O–H groups in total.